The van der Waals surface area contributed by atoms with E-state index in [0.29, 0.717) is 0 Å². The summed E-state index contributed by atoms with van der Waals surface area (Å²) >= 11 is 0. The van der Waals surface area contributed by atoms with E-state index in [1.807, 2.05) is 0 Å². The highest BCUT2D eigenvalue weighted by Gasteiger charge is 2.16. The lowest BCUT2D eigenvalue weighted by Gasteiger charge is -2.21. The largest absolute Gasteiger partial charge is 0.384 e. The van der Waals surface area contributed by atoms with Gasteiger partial charge in [-0.2, -0.15) is 0 Å². The normalized spacial score (nSPS) is 15.8. The van der Waals surface area contributed by atoms with Gasteiger partial charge in [0, 0.05) is 25.9 Å². The molecule has 0 fully saturated rings. The van der Waals surface area contributed by atoms with E-state index in [1.165, 1.54) is 65.6 Å². The molecule has 0 saturated carbocycles. The second kappa shape index (κ2) is 10.6. The van der Waals surface area contributed by atoms with Crippen molar-refractivity contribution in [3.05, 3.63) is 126 Å². The number of hydrogen-bond acceptors (Lipinski definition) is 2. The summed E-state index contributed by atoms with van der Waals surface area (Å²) in [4.78, 5) is 0. The molecule has 2 nitrogen and oxygen atoms in total. The molecule has 0 unspecified atom stereocenters. The molecule has 5 aromatic carbocycles. The Hall–Kier alpha value is -4.13. The fraction of sp³-hybridized carbons (Fsp3) is 0.139. The summed E-state index contributed by atoms with van der Waals surface area (Å²) in [7, 11) is 1.03. The first-order chi connectivity index (χ1) is 19.1. The van der Waals surface area contributed by atoms with Gasteiger partial charge in [0.1, 0.15) is 0 Å². The summed E-state index contributed by atoms with van der Waals surface area (Å²) in [6.45, 7) is 11.8. The van der Waals surface area contributed by atoms with Crippen molar-refractivity contribution in [3.8, 4) is 11.1 Å². The minimum Gasteiger partial charge on any atom is -0.384 e. The van der Waals surface area contributed by atoms with E-state index >= 15 is 0 Å². The molecule has 0 spiro atoms. The lowest BCUT2D eigenvalue weighted by atomic mass is 9.90. The van der Waals surface area contributed by atoms with E-state index in [1.54, 1.807) is 0 Å². The van der Waals surface area contributed by atoms with Crippen LogP contribution in [0.3, 0.4) is 0 Å². The van der Waals surface area contributed by atoms with Crippen LogP contribution in [0.4, 0.5) is 0 Å². The van der Waals surface area contributed by atoms with Crippen molar-refractivity contribution in [2.24, 2.45) is 0 Å². The highest BCUT2D eigenvalue weighted by atomic mass is 31.1. The first-order valence-corrected chi connectivity index (χ1v) is 14.6. The Morgan fingerprint density at radius 3 is 2.26 bits per heavy atom. The Kier molecular flexibility index (Phi) is 6.81. The summed E-state index contributed by atoms with van der Waals surface area (Å²) in [6.07, 6.45) is 7.66. The topological polar surface area (TPSA) is 24.1 Å². The lowest BCUT2D eigenvalue weighted by Crippen LogP contribution is -2.25. The Morgan fingerprint density at radius 1 is 0.846 bits per heavy atom. The van der Waals surface area contributed by atoms with Crippen LogP contribution in [0.1, 0.15) is 32.8 Å². The second-order valence-corrected chi connectivity index (χ2v) is 11.1. The van der Waals surface area contributed by atoms with Gasteiger partial charge >= 0.3 is 0 Å². The summed E-state index contributed by atoms with van der Waals surface area (Å²) < 4.78 is 0. The van der Waals surface area contributed by atoms with Gasteiger partial charge < -0.3 is 10.4 Å². The molecule has 3 heteroatoms. The van der Waals surface area contributed by atoms with Crippen LogP contribution in [-0.4, -0.2) is 11.8 Å². The molecule has 0 heterocycles. The molecule has 6 rings (SSSR count). The SMILES string of the molecule is C=C(NP=C1C(NCCC)=C(C)C=C/C1=C/C)c1ccc(-c2ccc3ccc4cccc5ccc2c3c45)cc1. The molecule has 0 bridgehead atoms. The second-order valence-electron chi connectivity index (χ2n) is 10.2. The minimum absolute atomic E-state index is 0.920. The van der Waals surface area contributed by atoms with Gasteiger partial charge in [0.25, 0.3) is 0 Å². The summed E-state index contributed by atoms with van der Waals surface area (Å²) in [5.74, 6) is 0. The van der Waals surface area contributed by atoms with E-state index in [0.717, 1.165) is 32.6 Å². The summed E-state index contributed by atoms with van der Waals surface area (Å²) in [6, 6.07) is 28.9. The maximum Gasteiger partial charge on any atom is 0.0510 e. The van der Waals surface area contributed by atoms with Gasteiger partial charge in [-0.1, -0.05) is 111 Å². The van der Waals surface area contributed by atoms with Gasteiger partial charge in [0.2, 0.25) is 0 Å². The molecular weight excluding hydrogens is 491 g/mol. The summed E-state index contributed by atoms with van der Waals surface area (Å²) in [5, 5.41) is 16.4. The van der Waals surface area contributed by atoms with Crippen LogP contribution >= 0.6 is 8.35 Å². The zero-order chi connectivity index (χ0) is 26.9. The van der Waals surface area contributed by atoms with Crippen LogP contribution in [0.15, 0.2) is 121 Å². The lowest BCUT2D eigenvalue weighted by molar-refractivity contribution is 0.787. The van der Waals surface area contributed by atoms with Crippen molar-refractivity contribution in [1.82, 2.24) is 10.4 Å². The Labute approximate surface area is 232 Å². The molecule has 192 valence electrons. The fourth-order valence-electron chi connectivity index (χ4n) is 5.56. The average Bonchev–Trinajstić information content (AvgIpc) is 2.98. The molecule has 5 aromatic rings. The maximum absolute atomic E-state index is 4.37. The van der Waals surface area contributed by atoms with E-state index in [4.69, 9.17) is 0 Å². The van der Waals surface area contributed by atoms with Crippen molar-refractivity contribution in [3.63, 3.8) is 0 Å². The van der Waals surface area contributed by atoms with Crippen molar-refractivity contribution < 1.29 is 0 Å². The number of rotatable bonds is 7. The molecule has 1 aliphatic carbocycles. The Balaban J connectivity index is 1.30. The van der Waals surface area contributed by atoms with Crippen molar-refractivity contribution in [2.75, 3.05) is 6.54 Å². The fourth-order valence-corrected chi connectivity index (χ4v) is 6.64. The third-order valence-electron chi connectivity index (χ3n) is 7.66. The van der Waals surface area contributed by atoms with E-state index < -0.39 is 0 Å². The van der Waals surface area contributed by atoms with E-state index in [9.17, 15) is 0 Å². The van der Waals surface area contributed by atoms with Gasteiger partial charge in [-0.15, -0.1) is 0 Å². The Bertz CT molecular complexity index is 1820. The van der Waals surface area contributed by atoms with Crippen molar-refractivity contribution >= 4 is 51.7 Å². The number of allylic oxidation sites excluding steroid dienone is 5. The average molecular weight is 525 g/mol. The smallest absolute Gasteiger partial charge is 0.0510 e. The Morgan fingerprint density at radius 2 is 1.54 bits per heavy atom. The van der Waals surface area contributed by atoms with Gasteiger partial charge in [-0.3, -0.25) is 0 Å². The molecular formula is C36H33N2P. The maximum atomic E-state index is 4.37. The highest BCUT2D eigenvalue weighted by molar-refractivity contribution is 7.40. The zero-order valence-corrected chi connectivity index (χ0v) is 23.7. The molecule has 0 saturated heterocycles. The molecule has 0 radical (unpaired) electrons. The van der Waals surface area contributed by atoms with Crippen LogP contribution in [0, 0.1) is 0 Å². The van der Waals surface area contributed by atoms with Gasteiger partial charge in [0.05, 0.1) is 5.70 Å². The predicted molar refractivity (Wildman–Crippen MR) is 174 cm³/mol. The van der Waals surface area contributed by atoms with Gasteiger partial charge in [0.15, 0.2) is 0 Å². The van der Waals surface area contributed by atoms with Crippen LogP contribution in [0.25, 0.3) is 49.1 Å². The van der Waals surface area contributed by atoms with Crippen LogP contribution in [0.5, 0.6) is 0 Å². The molecule has 2 N–H and O–H groups in total. The first kappa shape index (κ1) is 25.2. The number of benzene rings is 5. The molecule has 0 aliphatic heterocycles. The molecule has 0 amide bonds. The quantitative estimate of drug-likeness (QED) is 0.164. The molecule has 0 atom stereocenters. The predicted octanol–water partition coefficient (Wildman–Crippen LogP) is 9.63. The van der Waals surface area contributed by atoms with Gasteiger partial charge in [-0.25, -0.2) is 0 Å². The van der Waals surface area contributed by atoms with E-state index in [2.05, 4.69) is 135 Å². The molecule has 1 aliphatic rings. The number of hydrogen-bond donors (Lipinski definition) is 2. The van der Waals surface area contributed by atoms with Crippen molar-refractivity contribution in [1.29, 1.82) is 0 Å². The summed E-state index contributed by atoms with van der Waals surface area (Å²) in [5.41, 5.74) is 8.23. The monoisotopic (exact) mass is 524 g/mol. The van der Waals surface area contributed by atoms with Crippen molar-refractivity contribution in [2.45, 2.75) is 27.2 Å². The molecule has 0 aromatic heterocycles. The van der Waals surface area contributed by atoms with E-state index in [-0.39, 0.29) is 0 Å². The minimum atomic E-state index is 0.920. The zero-order valence-electron chi connectivity index (χ0n) is 22.8. The van der Waals surface area contributed by atoms with Crippen LogP contribution in [0.2, 0.25) is 0 Å². The van der Waals surface area contributed by atoms with Gasteiger partial charge in [-0.05, 0) is 80.4 Å². The highest BCUT2D eigenvalue weighted by Crippen LogP contribution is 2.39. The van der Waals surface area contributed by atoms with Crippen LogP contribution in [-0.2, 0) is 0 Å². The third kappa shape index (κ3) is 4.56. The third-order valence-corrected chi connectivity index (χ3v) is 8.74. The molecule has 39 heavy (non-hydrogen) atoms. The first-order valence-electron chi connectivity index (χ1n) is 13.7. The number of nitrogens with one attached hydrogen (secondary N) is 2. The van der Waals surface area contributed by atoms with Crippen LogP contribution < -0.4 is 10.4 Å². The standard InChI is InChI=1S/C36H33N2P/c1-5-22-37-35-23(3)10-11-25(6-2)36(35)39-38-24(4)26-12-14-27(15-13-26)31-20-18-30-17-16-28-8-7-9-29-19-21-32(31)34(30)33(28)29/h6-21,37-38H,4-5,22H2,1-3H3/b25-6-.